The van der Waals surface area contributed by atoms with E-state index in [1.807, 2.05) is 0 Å². The molecule has 0 aromatic carbocycles. The highest BCUT2D eigenvalue weighted by Crippen LogP contribution is 2.40. The van der Waals surface area contributed by atoms with Gasteiger partial charge in [0.1, 0.15) is 21.9 Å². The van der Waals surface area contributed by atoms with Crippen LogP contribution < -0.4 is 5.32 Å². The number of carbonyl (C=O) groups is 2. The van der Waals surface area contributed by atoms with Gasteiger partial charge in [-0.1, -0.05) is 18.7 Å². The molecule has 1 amide bonds. The number of ketones is 1. The van der Waals surface area contributed by atoms with Crippen molar-refractivity contribution >= 4 is 45.0 Å². The molecule has 3 aromatic rings. The monoisotopic (exact) mass is 415 g/mol. The van der Waals surface area contributed by atoms with Crippen molar-refractivity contribution in [1.29, 1.82) is 0 Å². The molecule has 3 heterocycles. The summed E-state index contributed by atoms with van der Waals surface area (Å²) in [5.41, 5.74) is 1.37. The number of rotatable bonds is 6. The zero-order chi connectivity index (χ0) is 19.7. The van der Waals surface area contributed by atoms with Crippen LogP contribution in [-0.4, -0.2) is 27.4 Å². The zero-order valence-electron chi connectivity index (χ0n) is 15.8. The van der Waals surface area contributed by atoms with Crippen molar-refractivity contribution in [3.8, 4) is 0 Å². The highest BCUT2D eigenvalue weighted by Gasteiger charge is 2.23. The summed E-state index contributed by atoms with van der Waals surface area (Å²) in [4.78, 5) is 34.9. The summed E-state index contributed by atoms with van der Waals surface area (Å²) >= 11 is 3.19. The molecule has 3 aromatic heterocycles. The lowest BCUT2D eigenvalue weighted by Gasteiger charge is -2.18. The van der Waals surface area contributed by atoms with Gasteiger partial charge in [0.05, 0.1) is 12.3 Å². The summed E-state index contributed by atoms with van der Waals surface area (Å²) in [5, 5.41) is 4.65. The van der Waals surface area contributed by atoms with Gasteiger partial charge in [-0.15, -0.1) is 11.3 Å². The first-order valence-electron chi connectivity index (χ1n) is 9.25. The molecule has 0 bridgehead atoms. The molecule has 0 aliphatic heterocycles. The first kappa shape index (κ1) is 19.1. The van der Waals surface area contributed by atoms with Crippen molar-refractivity contribution in [3.63, 3.8) is 0 Å². The summed E-state index contributed by atoms with van der Waals surface area (Å²) in [6.45, 7) is 4.01. The largest absolute Gasteiger partial charge is 0.456 e. The molecule has 0 radical (unpaired) electrons. The fraction of sp³-hybridized carbons (Fsp3) is 0.400. The molecule has 8 heteroatoms. The summed E-state index contributed by atoms with van der Waals surface area (Å²) in [6, 6.07) is 3.37. The molecule has 4 rings (SSSR count). The minimum absolute atomic E-state index is 0.0939. The Morgan fingerprint density at radius 3 is 3.04 bits per heavy atom. The van der Waals surface area contributed by atoms with E-state index in [9.17, 15) is 9.59 Å². The SMILES string of the molecule is CC(=O)NCc1ccc(C(=O)CSc2ncnc3sc4c(c23)CC[C@H](C)C4)o1. The van der Waals surface area contributed by atoms with Crippen molar-refractivity contribution < 1.29 is 14.0 Å². The molecule has 0 saturated heterocycles. The van der Waals surface area contributed by atoms with Crippen molar-refractivity contribution in [2.24, 2.45) is 5.92 Å². The predicted molar refractivity (Wildman–Crippen MR) is 110 cm³/mol. The molecule has 1 atom stereocenters. The molecule has 6 nitrogen and oxygen atoms in total. The van der Waals surface area contributed by atoms with Crippen LogP contribution >= 0.6 is 23.1 Å². The number of Topliss-reactive ketones (excluding diaryl/α,β-unsaturated/α-hetero) is 1. The van der Waals surface area contributed by atoms with Crippen molar-refractivity contribution in [1.82, 2.24) is 15.3 Å². The molecule has 146 valence electrons. The van der Waals surface area contributed by atoms with Crippen LogP contribution in [0, 0.1) is 5.92 Å². The number of furan rings is 1. The second-order valence-electron chi connectivity index (χ2n) is 7.10. The van der Waals surface area contributed by atoms with E-state index >= 15 is 0 Å². The number of hydrogen-bond acceptors (Lipinski definition) is 7. The van der Waals surface area contributed by atoms with Gasteiger partial charge in [0.2, 0.25) is 11.7 Å². The van der Waals surface area contributed by atoms with E-state index in [0.29, 0.717) is 17.4 Å². The zero-order valence-corrected chi connectivity index (χ0v) is 17.4. The number of thiophene rings is 1. The predicted octanol–water partition coefficient (Wildman–Crippen LogP) is 4.02. The maximum absolute atomic E-state index is 12.5. The van der Waals surface area contributed by atoms with E-state index in [4.69, 9.17) is 4.42 Å². The number of carbonyl (C=O) groups excluding carboxylic acids is 2. The smallest absolute Gasteiger partial charge is 0.217 e. The first-order valence-corrected chi connectivity index (χ1v) is 11.1. The molecule has 1 aliphatic rings. The fourth-order valence-corrected chi connectivity index (χ4v) is 5.71. The van der Waals surface area contributed by atoms with Crippen LogP contribution in [0.5, 0.6) is 0 Å². The number of thioether (sulfide) groups is 1. The Bertz CT molecular complexity index is 1040. The van der Waals surface area contributed by atoms with Gasteiger partial charge in [-0.3, -0.25) is 9.59 Å². The molecular weight excluding hydrogens is 394 g/mol. The Hall–Kier alpha value is -2.19. The lowest BCUT2D eigenvalue weighted by molar-refractivity contribution is -0.119. The van der Waals surface area contributed by atoms with Crippen molar-refractivity contribution in [2.45, 2.75) is 44.7 Å². The molecule has 0 fully saturated rings. The summed E-state index contributed by atoms with van der Waals surface area (Å²) in [7, 11) is 0. The molecular formula is C20H21N3O3S2. The average Bonchev–Trinajstić information content (AvgIpc) is 3.28. The molecule has 28 heavy (non-hydrogen) atoms. The quantitative estimate of drug-likeness (QED) is 0.372. The number of nitrogens with zero attached hydrogens (tertiary/aromatic N) is 2. The summed E-state index contributed by atoms with van der Waals surface area (Å²) in [6.07, 6.45) is 4.91. The Morgan fingerprint density at radius 2 is 2.21 bits per heavy atom. The van der Waals surface area contributed by atoms with Crippen LogP contribution in [0.25, 0.3) is 10.2 Å². The number of hydrogen-bond donors (Lipinski definition) is 1. The standard InChI is InChI=1S/C20H21N3O3S2/c1-11-3-5-14-17(7-11)28-20-18(14)19(22-10-23-20)27-9-15(25)16-6-4-13(26-16)8-21-12(2)24/h4,6,10-11H,3,5,7-9H2,1-2H3,(H,21,24)/t11-/m0/s1. The summed E-state index contributed by atoms with van der Waals surface area (Å²) < 4.78 is 5.55. The Kier molecular flexibility index (Phi) is 5.50. The summed E-state index contributed by atoms with van der Waals surface area (Å²) in [5.74, 6) is 1.59. The van der Waals surface area contributed by atoms with E-state index in [-0.39, 0.29) is 24.0 Å². The normalized spacial score (nSPS) is 16.1. The fourth-order valence-electron chi connectivity index (χ4n) is 3.39. The second kappa shape index (κ2) is 8.05. The Labute approximate surface area is 171 Å². The highest BCUT2D eigenvalue weighted by atomic mass is 32.2. The third-order valence-electron chi connectivity index (χ3n) is 4.84. The third-order valence-corrected chi connectivity index (χ3v) is 7.00. The molecule has 0 unspecified atom stereocenters. The number of aryl methyl sites for hydroxylation is 1. The van der Waals surface area contributed by atoms with Crippen LogP contribution in [0.4, 0.5) is 0 Å². The third kappa shape index (κ3) is 3.98. The molecule has 0 spiro atoms. The second-order valence-corrected chi connectivity index (χ2v) is 9.15. The minimum atomic E-state index is -0.138. The molecule has 1 N–H and O–H groups in total. The average molecular weight is 416 g/mol. The van der Waals surface area contributed by atoms with Gasteiger partial charge in [0, 0.05) is 17.2 Å². The highest BCUT2D eigenvalue weighted by molar-refractivity contribution is 8.00. The topological polar surface area (TPSA) is 85.1 Å². The van der Waals surface area contributed by atoms with Gasteiger partial charge in [0.15, 0.2) is 5.76 Å². The molecule has 0 saturated carbocycles. The van der Waals surface area contributed by atoms with E-state index in [2.05, 4.69) is 22.2 Å². The van der Waals surface area contributed by atoms with Crippen LogP contribution in [0.3, 0.4) is 0 Å². The van der Waals surface area contributed by atoms with Gasteiger partial charge in [-0.2, -0.15) is 0 Å². The lowest BCUT2D eigenvalue weighted by atomic mass is 9.89. The molecule has 1 aliphatic carbocycles. The van der Waals surface area contributed by atoms with E-state index in [1.165, 1.54) is 35.5 Å². The lowest BCUT2D eigenvalue weighted by Crippen LogP contribution is -2.18. The van der Waals surface area contributed by atoms with Crippen LogP contribution in [0.1, 0.15) is 47.0 Å². The minimum Gasteiger partial charge on any atom is -0.456 e. The van der Waals surface area contributed by atoms with Crippen molar-refractivity contribution in [3.05, 3.63) is 40.4 Å². The van der Waals surface area contributed by atoms with E-state index in [1.54, 1.807) is 29.8 Å². The van der Waals surface area contributed by atoms with Crippen LogP contribution in [0.2, 0.25) is 0 Å². The number of amides is 1. The van der Waals surface area contributed by atoms with Crippen LogP contribution in [0.15, 0.2) is 27.9 Å². The van der Waals surface area contributed by atoms with Crippen LogP contribution in [-0.2, 0) is 24.2 Å². The Morgan fingerprint density at radius 1 is 1.36 bits per heavy atom. The van der Waals surface area contributed by atoms with E-state index in [0.717, 1.165) is 28.1 Å². The van der Waals surface area contributed by atoms with Gasteiger partial charge in [0.25, 0.3) is 0 Å². The number of nitrogens with one attached hydrogen (secondary N) is 1. The van der Waals surface area contributed by atoms with Gasteiger partial charge in [-0.05, 0) is 42.9 Å². The number of fused-ring (bicyclic) bond motifs is 3. The number of aromatic nitrogens is 2. The maximum atomic E-state index is 12.5. The van der Waals surface area contributed by atoms with Gasteiger partial charge in [-0.25, -0.2) is 9.97 Å². The maximum Gasteiger partial charge on any atom is 0.217 e. The van der Waals surface area contributed by atoms with E-state index < -0.39 is 0 Å². The van der Waals surface area contributed by atoms with Gasteiger partial charge < -0.3 is 9.73 Å². The Balaban J connectivity index is 1.48. The van der Waals surface area contributed by atoms with Crippen molar-refractivity contribution in [2.75, 3.05) is 5.75 Å². The van der Waals surface area contributed by atoms with Gasteiger partial charge >= 0.3 is 0 Å². The first-order chi connectivity index (χ1) is 13.5.